The summed E-state index contributed by atoms with van der Waals surface area (Å²) in [6.45, 7) is 0. The van der Waals surface area contributed by atoms with E-state index >= 15 is 0 Å². The minimum Gasteiger partial charge on any atom is -0.322 e. The Kier molecular flexibility index (Phi) is 4.91. The number of carbonyl (C=O) groups excluding carboxylic acids is 1. The third-order valence-corrected chi connectivity index (χ3v) is 4.50. The van der Waals surface area contributed by atoms with E-state index in [-0.39, 0.29) is 21.2 Å². The molecule has 0 heterocycles. The van der Waals surface area contributed by atoms with Gasteiger partial charge in [-0.15, -0.1) is 0 Å². The Balaban J connectivity index is 2.34. The Bertz CT molecular complexity index is 895. The van der Waals surface area contributed by atoms with Crippen LogP contribution in [0.3, 0.4) is 0 Å². The van der Waals surface area contributed by atoms with Crippen LogP contribution in [0.25, 0.3) is 0 Å². The van der Waals surface area contributed by atoms with Gasteiger partial charge in [-0.3, -0.25) is 4.79 Å². The summed E-state index contributed by atoms with van der Waals surface area (Å²) in [4.78, 5) is 12.1. The fourth-order valence-corrected chi connectivity index (χ4v) is 2.73. The average molecular weight is 378 g/mol. The zero-order valence-electron chi connectivity index (χ0n) is 12.2. The van der Waals surface area contributed by atoms with Crippen LogP contribution in [0, 0.1) is 0 Å². The van der Waals surface area contributed by atoms with Crippen LogP contribution in [0.1, 0.15) is 15.9 Å². The number of carbonyl (C=O) groups is 1. The quantitative estimate of drug-likeness (QED) is 0.878. The molecule has 128 valence electrons. The summed E-state index contributed by atoms with van der Waals surface area (Å²) in [7, 11) is -3.56. The molecule has 2 rings (SSSR count). The highest BCUT2D eigenvalue weighted by Gasteiger charge is 2.30. The van der Waals surface area contributed by atoms with Crippen molar-refractivity contribution >= 4 is 33.0 Å². The van der Waals surface area contributed by atoms with Gasteiger partial charge in [-0.05, 0) is 36.4 Å². The number of alkyl halides is 3. The molecular weight excluding hydrogens is 367 g/mol. The largest absolute Gasteiger partial charge is 0.416 e. The lowest BCUT2D eigenvalue weighted by atomic mass is 10.1. The Hall–Kier alpha value is -2.06. The normalized spacial score (nSPS) is 12.0. The number of hydrogen-bond donors (Lipinski definition) is 1. The summed E-state index contributed by atoms with van der Waals surface area (Å²) >= 11 is 5.88. The number of amides is 1. The van der Waals surface area contributed by atoms with Gasteiger partial charge in [0.1, 0.15) is 0 Å². The third kappa shape index (κ3) is 4.27. The topological polar surface area (TPSA) is 63.2 Å². The molecule has 4 nitrogen and oxygen atoms in total. The zero-order valence-corrected chi connectivity index (χ0v) is 13.8. The molecule has 0 saturated carbocycles. The molecule has 0 aliphatic carbocycles. The lowest BCUT2D eigenvalue weighted by molar-refractivity contribution is -0.137. The molecule has 0 radical (unpaired) electrons. The van der Waals surface area contributed by atoms with Crippen LogP contribution < -0.4 is 5.32 Å². The van der Waals surface area contributed by atoms with E-state index in [1.54, 1.807) is 0 Å². The van der Waals surface area contributed by atoms with Crippen molar-refractivity contribution in [2.24, 2.45) is 0 Å². The number of nitrogens with one attached hydrogen (secondary N) is 1. The number of sulfone groups is 1. The molecule has 9 heteroatoms. The maximum absolute atomic E-state index is 12.7. The van der Waals surface area contributed by atoms with Crippen molar-refractivity contribution < 1.29 is 26.4 Å². The predicted octanol–water partition coefficient (Wildman–Crippen LogP) is 4.01. The van der Waals surface area contributed by atoms with Gasteiger partial charge >= 0.3 is 6.18 Å². The number of anilines is 1. The minimum atomic E-state index is -4.55. The lowest BCUT2D eigenvalue weighted by Gasteiger charge is -2.11. The van der Waals surface area contributed by atoms with Gasteiger partial charge in [0.05, 0.1) is 21.0 Å². The van der Waals surface area contributed by atoms with Gasteiger partial charge in [-0.2, -0.15) is 13.2 Å². The number of halogens is 4. The number of hydrogen-bond acceptors (Lipinski definition) is 3. The highest BCUT2D eigenvalue weighted by Crippen LogP contribution is 2.31. The molecule has 0 atom stereocenters. The van der Waals surface area contributed by atoms with Crippen molar-refractivity contribution in [3.8, 4) is 0 Å². The van der Waals surface area contributed by atoms with Crippen molar-refractivity contribution in [2.45, 2.75) is 11.1 Å². The molecule has 2 aromatic carbocycles. The van der Waals surface area contributed by atoms with Gasteiger partial charge in [-0.25, -0.2) is 8.42 Å². The molecule has 0 fully saturated rings. The van der Waals surface area contributed by atoms with Gasteiger partial charge in [0, 0.05) is 11.9 Å². The predicted molar refractivity (Wildman–Crippen MR) is 84.0 cm³/mol. The van der Waals surface area contributed by atoms with Crippen molar-refractivity contribution in [3.05, 3.63) is 58.6 Å². The van der Waals surface area contributed by atoms with Gasteiger partial charge in [-0.1, -0.05) is 17.7 Å². The number of rotatable bonds is 3. The first-order chi connectivity index (χ1) is 11.0. The second-order valence-electron chi connectivity index (χ2n) is 4.95. The first-order valence-corrected chi connectivity index (χ1v) is 8.73. The van der Waals surface area contributed by atoms with Crippen molar-refractivity contribution in [2.75, 3.05) is 11.6 Å². The van der Waals surface area contributed by atoms with E-state index in [0.717, 1.165) is 30.5 Å². The second kappa shape index (κ2) is 6.45. The molecule has 24 heavy (non-hydrogen) atoms. The summed E-state index contributed by atoms with van der Waals surface area (Å²) in [5.41, 5.74) is -1.16. The van der Waals surface area contributed by atoms with Gasteiger partial charge < -0.3 is 5.32 Å². The van der Waals surface area contributed by atoms with Crippen LogP contribution in [0.15, 0.2) is 47.4 Å². The number of benzene rings is 2. The lowest BCUT2D eigenvalue weighted by Crippen LogP contribution is -2.14. The molecule has 0 unspecified atom stereocenters. The zero-order chi connectivity index (χ0) is 18.1. The molecule has 0 aliphatic rings. The summed E-state index contributed by atoms with van der Waals surface area (Å²) in [5, 5.41) is 2.25. The third-order valence-electron chi connectivity index (χ3n) is 3.06. The fraction of sp³-hybridized carbons (Fsp3) is 0.133. The molecule has 1 amide bonds. The van der Waals surface area contributed by atoms with Crippen LogP contribution in [0.2, 0.25) is 5.02 Å². The fourth-order valence-electron chi connectivity index (χ4n) is 1.88. The summed E-state index contributed by atoms with van der Waals surface area (Å²) in [6.07, 6.45) is -3.58. The highest BCUT2D eigenvalue weighted by molar-refractivity contribution is 7.90. The van der Waals surface area contributed by atoms with E-state index in [0.29, 0.717) is 0 Å². The van der Waals surface area contributed by atoms with E-state index in [2.05, 4.69) is 5.32 Å². The van der Waals surface area contributed by atoms with E-state index in [1.807, 2.05) is 0 Å². The Labute approximate surface area is 141 Å². The summed E-state index contributed by atoms with van der Waals surface area (Å²) < 4.78 is 61.1. The SMILES string of the molecule is CS(=O)(=O)c1ccc(Cl)c(C(=O)Nc2cccc(C(F)(F)F)c2)c1. The second-order valence-corrected chi connectivity index (χ2v) is 7.37. The van der Waals surface area contributed by atoms with E-state index in [4.69, 9.17) is 11.6 Å². The van der Waals surface area contributed by atoms with Crippen LogP contribution >= 0.6 is 11.6 Å². The van der Waals surface area contributed by atoms with Crippen LogP contribution in [0.5, 0.6) is 0 Å². The molecule has 0 bridgehead atoms. The Morgan fingerprint density at radius 2 is 1.79 bits per heavy atom. The minimum absolute atomic E-state index is 0.0214. The van der Waals surface area contributed by atoms with Crippen LogP contribution in [-0.2, 0) is 16.0 Å². The molecular formula is C15H11ClF3NO3S. The van der Waals surface area contributed by atoms with Crippen LogP contribution in [-0.4, -0.2) is 20.6 Å². The van der Waals surface area contributed by atoms with Crippen LogP contribution in [0.4, 0.5) is 18.9 Å². The molecule has 0 saturated heterocycles. The van der Waals surface area contributed by atoms with Crippen molar-refractivity contribution in [1.29, 1.82) is 0 Å². The monoisotopic (exact) mass is 377 g/mol. The molecule has 0 aromatic heterocycles. The van der Waals surface area contributed by atoms with Crippen molar-refractivity contribution in [3.63, 3.8) is 0 Å². The first kappa shape index (κ1) is 18.3. The Morgan fingerprint density at radius 3 is 2.38 bits per heavy atom. The van der Waals surface area contributed by atoms with Crippen molar-refractivity contribution in [1.82, 2.24) is 0 Å². The van der Waals surface area contributed by atoms with E-state index in [1.165, 1.54) is 18.2 Å². The summed E-state index contributed by atoms with van der Waals surface area (Å²) in [6, 6.07) is 7.60. The highest BCUT2D eigenvalue weighted by atomic mass is 35.5. The van der Waals surface area contributed by atoms with E-state index in [9.17, 15) is 26.4 Å². The summed E-state index contributed by atoms with van der Waals surface area (Å²) in [5.74, 6) is -0.815. The average Bonchev–Trinajstić information content (AvgIpc) is 2.45. The van der Waals surface area contributed by atoms with Gasteiger partial charge in [0.15, 0.2) is 9.84 Å². The molecule has 1 N–H and O–H groups in total. The maximum atomic E-state index is 12.7. The first-order valence-electron chi connectivity index (χ1n) is 6.47. The molecule has 0 spiro atoms. The molecule has 0 aliphatic heterocycles. The Morgan fingerprint density at radius 1 is 1.12 bits per heavy atom. The standard InChI is InChI=1S/C15H11ClF3NO3S/c1-24(22,23)11-5-6-13(16)12(8-11)14(21)20-10-4-2-3-9(7-10)15(17,18)19/h2-8H,1H3,(H,20,21). The van der Waals surface area contributed by atoms with E-state index < -0.39 is 27.5 Å². The van der Waals surface area contributed by atoms with Gasteiger partial charge in [0.2, 0.25) is 0 Å². The van der Waals surface area contributed by atoms with Gasteiger partial charge in [0.25, 0.3) is 5.91 Å². The molecule has 2 aromatic rings. The smallest absolute Gasteiger partial charge is 0.322 e. The maximum Gasteiger partial charge on any atom is 0.416 e.